The molecule has 3 heterocycles. The van der Waals surface area contributed by atoms with E-state index in [1.165, 1.54) is 14.9 Å². The minimum absolute atomic E-state index is 0.0425. The molecule has 1 amide bonds. The van der Waals surface area contributed by atoms with Crippen LogP contribution in [0.3, 0.4) is 0 Å². The van der Waals surface area contributed by atoms with Gasteiger partial charge in [-0.3, -0.25) is 18.9 Å². The van der Waals surface area contributed by atoms with Gasteiger partial charge in [-0.15, -0.1) is 11.3 Å². The van der Waals surface area contributed by atoms with Gasteiger partial charge in [-0.2, -0.15) is 0 Å². The number of halogens is 1. The first-order chi connectivity index (χ1) is 13.0. The summed E-state index contributed by atoms with van der Waals surface area (Å²) in [7, 11) is 0. The second-order valence-corrected chi connectivity index (χ2v) is 8.71. The first-order valence-corrected chi connectivity index (χ1v) is 10.7. The lowest BCUT2D eigenvalue weighted by Crippen LogP contribution is -2.48. The predicted molar refractivity (Wildman–Crippen MR) is 114 cm³/mol. The summed E-state index contributed by atoms with van der Waals surface area (Å²) in [5, 5.41) is 1.87. The van der Waals surface area contributed by atoms with Crippen LogP contribution in [0, 0.1) is 10.5 Å². The molecule has 4 rings (SSSR count). The number of hydrogen-bond acceptors (Lipinski definition) is 5. The molecule has 0 unspecified atom stereocenters. The minimum atomic E-state index is -0.0425. The first-order valence-electron chi connectivity index (χ1n) is 8.75. The van der Waals surface area contributed by atoms with Crippen LogP contribution in [0.15, 0.2) is 40.6 Å². The minimum Gasteiger partial charge on any atom is -0.336 e. The number of hydrogen-bond donors (Lipinski definition) is 0. The third-order valence-electron chi connectivity index (χ3n) is 4.81. The third-order valence-corrected chi connectivity index (χ3v) is 6.77. The molecule has 0 atom stereocenters. The highest BCUT2D eigenvalue weighted by atomic mass is 127. The summed E-state index contributed by atoms with van der Waals surface area (Å²) in [5.74, 6) is 0.0884. The number of aromatic nitrogens is 2. The van der Waals surface area contributed by atoms with Gasteiger partial charge < -0.3 is 4.90 Å². The Balaban J connectivity index is 1.40. The highest BCUT2D eigenvalue weighted by molar-refractivity contribution is 14.1. The smallest absolute Gasteiger partial charge is 0.258 e. The molecule has 0 N–H and O–H groups in total. The Morgan fingerprint density at radius 2 is 2.00 bits per heavy atom. The quantitative estimate of drug-likeness (QED) is 0.526. The van der Waals surface area contributed by atoms with Gasteiger partial charge in [0.1, 0.15) is 0 Å². The van der Waals surface area contributed by atoms with Gasteiger partial charge in [0, 0.05) is 59.5 Å². The lowest BCUT2D eigenvalue weighted by atomic mass is 10.1. The molecular weight excluding hydrogens is 475 g/mol. The van der Waals surface area contributed by atoms with Crippen molar-refractivity contribution < 1.29 is 4.79 Å². The molecule has 2 aromatic heterocycles. The molecule has 8 heteroatoms. The maximum Gasteiger partial charge on any atom is 0.258 e. The van der Waals surface area contributed by atoms with Crippen molar-refractivity contribution >= 4 is 44.8 Å². The average molecular weight is 494 g/mol. The fraction of sp³-hybridized carbons (Fsp3) is 0.316. The van der Waals surface area contributed by atoms with E-state index in [0.717, 1.165) is 34.9 Å². The Bertz CT molecular complexity index is 1050. The number of carbonyl (C=O) groups excluding carboxylic acids is 1. The molecule has 140 valence electrons. The predicted octanol–water partition coefficient (Wildman–Crippen LogP) is 2.63. The van der Waals surface area contributed by atoms with E-state index in [1.54, 1.807) is 16.7 Å². The molecule has 0 bridgehead atoms. The van der Waals surface area contributed by atoms with Crippen LogP contribution in [0.4, 0.5) is 0 Å². The molecular formula is C19H19IN4O2S. The van der Waals surface area contributed by atoms with Crippen molar-refractivity contribution in [1.29, 1.82) is 0 Å². The van der Waals surface area contributed by atoms with E-state index >= 15 is 0 Å². The summed E-state index contributed by atoms with van der Waals surface area (Å²) >= 11 is 3.74. The molecule has 27 heavy (non-hydrogen) atoms. The van der Waals surface area contributed by atoms with Gasteiger partial charge in [-0.1, -0.05) is 0 Å². The number of rotatable bonds is 3. The van der Waals surface area contributed by atoms with Crippen LogP contribution in [0.5, 0.6) is 0 Å². The zero-order valence-electron chi connectivity index (χ0n) is 14.9. The molecule has 3 aromatic rings. The van der Waals surface area contributed by atoms with Gasteiger partial charge in [0.2, 0.25) is 0 Å². The van der Waals surface area contributed by atoms with E-state index in [0.29, 0.717) is 19.6 Å². The van der Waals surface area contributed by atoms with E-state index in [2.05, 4.69) is 32.5 Å². The Hall–Kier alpha value is -1.78. The highest BCUT2D eigenvalue weighted by Crippen LogP contribution is 2.16. The lowest BCUT2D eigenvalue weighted by molar-refractivity contribution is 0.0627. The van der Waals surface area contributed by atoms with E-state index < -0.39 is 0 Å². The SMILES string of the molecule is Cc1cc(C(=O)N2CCN(Cc3cc(=O)n4ccsc4n3)CC2)ccc1I. The zero-order valence-corrected chi connectivity index (χ0v) is 17.9. The lowest BCUT2D eigenvalue weighted by Gasteiger charge is -2.34. The van der Waals surface area contributed by atoms with Crippen LogP contribution in [0.1, 0.15) is 21.6 Å². The maximum absolute atomic E-state index is 12.7. The zero-order chi connectivity index (χ0) is 19.0. The van der Waals surface area contributed by atoms with Gasteiger partial charge in [-0.25, -0.2) is 4.98 Å². The Kier molecular flexibility index (Phi) is 5.29. The summed E-state index contributed by atoms with van der Waals surface area (Å²) < 4.78 is 2.73. The summed E-state index contributed by atoms with van der Waals surface area (Å²) in [6.45, 7) is 5.58. The fourth-order valence-corrected chi connectivity index (χ4v) is 4.34. The summed E-state index contributed by atoms with van der Waals surface area (Å²) in [5.41, 5.74) is 2.62. The standard InChI is InChI=1S/C19H19IN4O2S/c1-13-10-14(2-3-16(13)20)18(26)23-6-4-22(5-7-23)12-15-11-17(25)24-8-9-27-19(24)21-15/h2-3,8-11H,4-7,12H2,1H3. The number of amides is 1. The fourth-order valence-electron chi connectivity index (χ4n) is 3.27. The van der Waals surface area contributed by atoms with Crippen molar-refractivity contribution in [3.63, 3.8) is 0 Å². The van der Waals surface area contributed by atoms with Gasteiger partial charge in [0.15, 0.2) is 4.96 Å². The van der Waals surface area contributed by atoms with Gasteiger partial charge in [0.25, 0.3) is 11.5 Å². The molecule has 1 aromatic carbocycles. The average Bonchev–Trinajstić information content (AvgIpc) is 3.13. The normalized spacial score (nSPS) is 15.4. The van der Waals surface area contributed by atoms with Crippen molar-refractivity contribution in [1.82, 2.24) is 19.2 Å². The van der Waals surface area contributed by atoms with Crippen LogP contribution < -0.4 is 5.56 Å². The molecule has 1 aliphatic heterocycles. The third kappa shape index (κ3) is 3.92. The van der Waals surface area contributed by atoms with Gasteiger partial charge in [-0.05, 0) is 53.3 Å². The second-order valence-electron chi connectivity index (χ2n) is 6.67. The van der Waals surface area contributed by atoms with Gasteiger partial charge in [0.05, 0.1) is 5.69 Å². The summed E-state index contributed by atoms with van der Waals surface area (Å²) in [6, 6.07) is 7.46. The van der Waals surface area contributed by atoms with Crippen LogP contribution in [-0.2, 0) is 6.54 Å². The highest BCUT2D eigenvalue weighted by Gasteiger charge is 2.23. The van der Waals surface area contributed by atoms with Crippen molar-refractivity contribution in [2.24, 2.45) is 0 Å². The topological polar surface area (TPSA) is 57.9 Å². The second kappa shape index (κ2) is 7.69. The number of carbonyl (C=O) groups is 1. The Morgan fingerprint density at radius 3 is 2.74 bits per heavy atom. The number of aryl methyl sites for hydroxylation is 1. The molecule has 0 saturated carbocycles. The van der Waals surface area contributed by atoms with E-state index in [4.69, 9.17) is 0 Å². The van der Waals surface area contributed by atoms with Crippen molar-refractivity contribution in [3.05, 3.63) is 66.6 Å². The molecule has 1 fully saturated rings. The summed E-state index contributed by atoms with van der Waals surface area (Å²) in [6.07, 6.45) is 1.75. The number of nitrogens with zero attached hydrogens (tertiary/aromatic N) is 4. The molecule has 1 saturated heterocycles. The number of benzene rings is 1. The number of thiazole rings is 1. The van der Waals surface area contributed by atoms with Crippen molar-refractivity contribution in [2.45, 2.75) is 13.5 Å². The van der Waals surface area contributed by atoms with Crippen molar-refractivity contribution in [3.8, 4) is 0 Å². The number of piperazine rings is 1. The summed E-state index contributed by atoms with van der Waals surface area (Å²) in [4.78, 5) is 34.3. The Morgan fingerprint density at radius 1 is 1.22 bits per heavy atom. The van der Waals surface area contributed by atoms with Crippen molar-refractivity contribution in [2.75, 3.05) is 26.2 Å². The molecule has 0 aliphatic carbocycles. The molecule has 6 nitrogen and oxygen atoms in total. The van der Waals surface area contributed by atoms with Crippen LogP contribution in [0.2, 0.25) is 0 Å². The molecule has 1 aliphatic rings. The van der Waals surface area contributed by atoms with E-state index in [-0.39, 0.29) is 11.5 Å². The molecule has 0 spiro atoms. The first kappa shape index (κ1) is 18.6. The van der Waals surface area contributed by atoms with Crippen LogP contribution in [0.25, 0.3) is 4.96 Å². The van der Waals surface area contributed by atoms with Crippen LogP contribution in [-0.4, -0.2) is 51.3 Å². The van der Waals surface area contributed by atoms with E-state index in [1.807, 2.05) is 35.4 Å². The molecule has 0 radical (unpaired) electrons. The van der Waals surface area contributed by atoms with E-state index in [9.17, 15) is 9.59 Å². The maximum atomic E-state index is 12.7. The van der Waals surface area contributed by atoms with Crippen LogP contribution >= 0.6 is 33.9 Å². The monoisotopic (exact) mass is 494 g/mol. The Labute approximate surface area is 174 Å². The number of fused-ring (bicyclic) bond motifs is 1. The largest absolute Gasteiger partial charge is 0.336 e. The van der Waals surface area contributed by atoms with Gasteiger partial charge >= 0.3 is 0 Å².